The lowest BCUT2D eigenvalue weighted by atomic mass is 9.83. The number of carbonyl (C=O) groups is 6. The van der Waals surface area contributed by atoms with Crippen LogP contribution in [-0.2, 0) is 32.0 Å². The molecular formula is C66H90N8O6. The fourth-order valence-corrected chi connectivity index (χ4v) is 13.1. The van der Waals surface area contributed by atoms with Crippen molar-refractivity contribution in [1.82, 2.24) is 40.9 Å². The Morgan fingerprint density at radius 3 is 1.18 bits per heavy atom. The maximum Gasteiger partial charge on any atom is 0.253 e. The second kappa shape index (κ2) is 29.9. The van der Waals surface area contributed by atoms with Gasteiger partial charge in [-0.25, -0.2) is 0 Å². The van der Waals surface area contributed by atoms with E-state index in [1.54, 1.807) is 14.1 Å². The highest BCUT2D eigenvalue weighted by Gasteiger charge is 2.42. The molecule has 0 aromatic heterocycles. The van der Waals surface area contributed by atoms with Gasteiger partial charge in [-0.15, -0.1) is 0 Å². The minimum atomic E-state index is -0.596. The molecule has 6 atom stereocenters. The summed E-state index contributed by atoms with van der Waals surface area (Å²) in [6.07, 6.45) is 15.9. The number of nitrogens with one attached hydrogen (secondary N) is 4. The highest BCUT2D eigenvalue weighted by atomic mass is 16.2. The monoisotopic (exact) mass is 1090 g/mol. The van der Waals surface area contributed by atoms with Gasteiger partial charge < -0.3 is 40.9 Å². The predicted octanol–water partition coefficient (Wildman–Crippen LogP) is 8.83. The SMILES string of the molecule is CC[C@H](NC)C(=O)N[C@H](C(=O)N1CCC[C@@H]1CN(CCc1ccccc1)C(=O)c1ccc(-c2ccc(C(=O)N(CCc3ccccc3)C[C@@H]3CCCN3C(=O)[C@@H](NC(=O)[C@H](CC)NC)C3CCCCC3)cc2)cc1)C1CCCCC1. The highest BCUT2D eigenvalue weighted by molar-refractivity contribution is 5.96. The third-order valence-electron chi connectivity index (χ3n) is 17.9. The molecule has 4 fully saturated rings. The molecule has 6 amide bonds. The molecule has 4 N–H and O–H groups in total. The van der Waals surface area contributed by atoms with E-state index in [4.69, 9.17) is 0 Å². The van der Waals surface area contributed by atoms with Crippen molar-refractivity contribution >= 4 is 35.4 Å². The summed E-state index contributed by atoms with van der Waals surface area (Å²) in [5.74, 6) is -0.385. The number of likely N-dealkylation sites (tertiary alicyclic amines) is 2. The lowest BCUT2D eigenvalue weighted by Gasteiger charge is -2.37. The molecule has 2 aliphatic heterocycles. The Balaban J connectivity index is 0.971. The molecule has 2 heterocycles. The van der Waals surface area contributed by atoms with E-state index in [-0.39, 0.29) is 71.4 Å². The van der Waals surface area contributed by atoms with Crippen LogP contribution in [-0.4, -0.2) is 145 Å². The van der Waals surface area contributed by atoms with Gasteiger partial charge in [-0.2, -0.15) is 0 Å². The quantitative estimate of drug-likeness (QED) is 0.0512. The molecule has 14 heteroatoms. The van der Waals surface area contributed by atoms with Crippen molar-refractivity contribution in [3.05, 3.63) is 131 Å². The average Bonchev–Trinajstić information content (AvgIpc) is 4.20. The fraction of sp³-hybridized carbons (Fsp3) is 0.545. The minimum Gasteiger partial charge on any atom is -0.343 e. The molecule has 0 spiro atoms. The van der Waals surface area contributed by atoms with Crippen LogP contribution in [0.25, 0.3) is 11.1 Å². The van der Waals surface area contributed by atoms with Gasteiger partial charge in [-0.1, -0.05) is 137 Å². The van der Waals surface area contributed by atoms with Gasteiger partial charge in [0.25, 0.3) is 11.8 Å². The number of rotatable bonds is 25. The molecule has 14 nitrogen and oxygen atoms in total. The van der Waals surface area contributed by atoms with Gasteiger partial charge in [0.05, 0.1) is 12.1 Å². The molecule has 430 valence electrons. The zero-order valence-corrected chi connectivity index (χ0v) is 48.2. The van der Waals surface area contributed by atoms with E-state index in [0.717, 1.165) is 112 Å². The van der Waals surface area contributed by atoms with Crippen molar-refractivity contribution in [2.45, 2.75) is 166 Å². The van der Waals surface area contributed by atoms with Crippen LogP contribution in [0.2, 0.25) is 0 Å². The van der Waals surface area contributed by atoms with E-state index in [0.29, 0.717) is 76.1 Å². The molecule has 80 heavy (non-hydrogen) atoms. The summed E-state index contributed by atoms with van der Waals surface area (Å²) in [6, 6.07) is 33.4. The second-order valence-electron chi connectivity index (χ2n) is 23.1. The lowest BCUT2D eigenvalue weighted by Crippen LogP contribution is -2.58. The Labute approximate surface area is 476 Å². The molecule has 4 aromatic rings. The van der Waals surface area contributed by atoms with E-state index in [1.807, 2.05) is 118 Å². The molecule has 2 saturated carbocycles. The second-order valence-corrected chi connectivity index (χ2v) is 23.1. The number of amides is 6. The largest absolute Gasteiger partial charge is 0.343 e. The standard InChI is InChI=1S/C66H90N8O6/c1-5-57(67-3)61(75)69-59(51-25-15-9-16-26-51)65(79)73-41-19-29-55(73)45-71(43-39-47-21-11-7-12-22-47)63(77)53-35-31-49(32-36-53)50-33-37-54(38-34-50)64(78)72(44-40-48-23-13-8-14-24-48)46-56-30-20-42-74(56)66(80)60(52-27-17-10-18-28-52)70-62(76)58(6-2)68-4/h7-8,11-14,21-24,31-38,51-52,55-60,67-68H,5-6,9-10,15-20,25-30,39-46H2,1-4H3,(H,69,75)(H,70,76)/t55-,56+,57-,58-,59-,60-/m0/s1. The Kier molecular flexibility index (Phi) is 22.3. The summed E-state index contributed by atoms with van der Waals surface area (Å²) in [7, 11) is 3.56. The maximum atomic E-state index is 14.7. The van der Waals surface area contributed by atoms with Gasteiger partial charge in [-0.3, -0.25) is 28.8 Å². The summed E-state index contributed by atoms with van der Waals surface area (Å²) < 4.78 is 0. The summed E-state index contributed by atoms with van der Waals surface area (Å²) in [5.41, 5.74) is 5.18. The first-order valence-electron chi connectivity index (χ1n) is 30.4. The Morgan fingerprint density at radius 2 is 0.838 bits per heavy atom. The van der Waals surface area contributed by atoms with Crippen LogP contribution in [0.3, 0.4) is 0 Å². The van der Waals surface area contributed by atoms with Crippen LogP contribution in [0.1, 0.15) is 148 Å². The zero-order chi connectivity index (χ0) is 56.4. The van der Waals surface area contributed by atoms with Crippen molar-refractivity contribution in [1.29, 1.82) is 0 Å². The smallest absolute Gasteiger partial charge is 0.253 e. The van der Waals surface area contributed by atoms with E-state index in [1.165, 1.54) is 0 Å². The van der Waals surface area contributed by atoms with Crippen molar-refractivity contribution in [2.75, 3.05) is 53.4 Å². The van der Waals surface area contributed by atoms with Crippen LogP contribution in [0.15, 0.2) is 109 Å². The van der Waals surface area contributed by atoms with Crippen molar-refractivity contribution in [2.24, 2.45) is 11.8 Å². The van der Waals surface area contributed by atoms with Gasteiger partial charge in [0.1, 0.15) is 12.1 Å². The van der Waals surface area contributed by atoms with Crippen molar-refractivity contribution < 1.29 is 28.8 Å². The van der Waals surface area contributed by atoms with Gasteiger partial charge in [0.15, 0.2) is 0 Å². The first-order chi connectivity index (χ1) is 39.0. The summed E-state index contributed by atoms with van der Waals surface area (Å²) in [5, 5.41) is 12.6. The molecule has 4 aromatic carbocycles. The topological polar surface area (TPSA) is 163 Å². The number of likely N-dealkylation sites (N-methyl/N-ethyl adjacent to an activating group) is 2. The van der Waals surface area contributed by atoms with Gasteiger partial charge in [0.2, 0.25) is 23.6 Å². The molecule has 2 saturated heterocycles. The Morgan fingerprint density at radius 1 is 0.475 bits per heavy atom. The first kappa shape index (κ1) is 59.7. The zero-order valence-electron chi connectivity index (χ0n) is 48.2. The molecule has 0 bridgehead atoms. The predicted molar refractivity (Wildman–Crippen MR) is 317 cm³/mol. The molecular weight excluding hydrogens is 1000 g/mol. The summed E-state index contributed by atoms with van der Waals surface area (Å²) >= 11 is 0. The fourth-order valence-electron chi connectivity index (χ4n) is 13.1. The van der Waals surface area contributed by atoms with Crippen molar-refractivity contribution in [3.63, 3.8) is 0 Å². The minimum absolute atomic E-state index is 0.0323. The average molecular weight is 1090 g/mol. The molecule has 4 aliphatic rings. The normalized spacial score (nSPS) is 19.4. The number of benzene rings is 4. The van der Waals surface area contributed by atoms with Gasteiger partial charge in [-0.05, 0) is 150 Å². The number of nitrogens with zero attached hydrogens (tertiary/aromatic N) is 4. The van der Waals surface area contributed by atoms with Crippen LogP contribution >= 0.6 is 0 Å². The first-order valence-corrected chi connectivity index (χ1v) is 30.4. The third kappa shape index (κ3) is 15.5. The number of carbonyl (C=O) groups excluding carboxylic acids is 6. The van der Waals surface area contributed by atoms with E-state index < -0.39 is 12.1 Å². The molecule has 2 aliphatic carbocycles. The van der Waals surface area contributed by atoms with E-state index in [2.05, 4.69) is 45.5 Å². The summed E-state index contributed by atoms with van der Waals surface area (Å²) in [6.45, 7) is 6.87. The number of hydrogen-bond acceptors (Lipinski definition) is 8. The molecule has 8 rings (SSSR count). The van der Waals surface area contributed by atoms with Gasteiger partial charge in [0, 0.05) is 62.5 Å². The summed E-state index contributed by atoms with van der Waals surface area (Å²) in [4.78, 5) is 93.6. The highest BCUT2D eigenvalue weighted by Crippen LogP contribution is 2.32. The van der Waals surface area contributed by atoms with Crippen LogP contribution in [0.5, 0.6) is 0 Å². The van der Waals surface area contributed by atoms with E-state index >= 15 is 0 Å². The molecule has 0 radical (unpaired) electrons. The third-order valence-corrected chi connectivity index (χ3v) is 17.9. The van der Waals surface area contributed by atoms with Crippen LogP contribution < -0.4 is 21.3 Å². The van der Waals surface area contributed by atoms with Crippen molar-refractivity contribution in [3.8, 4) is 11.1 Å². The lowest BCUT2D eigenvalue weighted by molar-refractivity contribution is -0.140. The number of hydrogen-bond donors (Lipinski definition) is 4. The van der Waals surface area contributed by atoms with Crippen LogP contribution in [0, 0.1) is 11.8 Å². The Bertz CT molecular complexity index is 2430. The Hall–Kier alpha value is -6.38. The maximum absolute atomic E-state index is 14.7. The molecule has 0 unspecified atom stereocenters. The van der Waals surface area contributed by atoms with E-state index in [9.17, 15) is 28.8 Å². The van der Waals surface area contributed by atoms with Gasteiger partial charge >= 0.3 is 0 Å². The van der Waals surface area contributed by atoms with Crippen LogP contribution in [0.4, 0.5) is 0 Å².